The molecule has 2 N–H and O–H groups in total. The van der Waals surface area contributed by atoms with Crippen LogP contribution in [0.4, 0.5) is 4.39 Å². The molecule has 2 atom stereocenters. The number of nitrogens with zero attached hydrogens (tertiary/aromatic N) is 1. The summed E-state index contributed by atoms with van der Waals surface area (Å²) < 4.78 is 14.8. The highest BCUT2D eigenvalue weighted by Gasteiger charge is 2.34. The predicted molar refractivity (Wildman–Crippen MR) is 71.2 cm³/mol. The van der Waals surface area contributed by atoms with Crippen molar-refractivity contribution in [2.75, 3.05) is 19.6 Å². The summed E-state index contributed by atoms with van der Waals surface area (Å²) in [5.41, 5.74) is 6.58. The summed E-state index contributed by atoms with van der Waals surface area (Å²) in [7, 11) is 0. The van der Waals surface area contributed by atoms with Crippen LogP contribution in [0.2, 0.25) is 0 Å². The van der Waals surface area contributed by atoms with Crippen LogP contribution in [0.5, 0.6) is 0 Å². The fourth-order valence-electron chi connectivity index (χ4n) is 2.72. The molecule has 1 aromatic carbocycles. The average molecular weight is 301 g/mol. The number of rotatable bonds is 3. The summed E-state index contributed by atoms with van der Waals surface area (Å²) in [6.45, 7) is 4.69. The lowest BCUT2D eigenvalue weighted by molar-refractivity contribution is 0.236. The molecule has 94 valence electrons. The average Bonchev–Trinajstić information content (AvgIpc) is 2.71. The first-order chi connectivity index (χ1) is 8.17. The first-order valence-electron chi connectivity index (χ1n) is 6.06. The lowest BCUT2D eigenvalue weighted by Crippen LogP contribution is -2.28. The second-order valence-electron chi connectivity index (χ2n) is 4.52. The monoisotopic (exact) mass is 300 g/mol. The highest BCUT2D eigenvalue weighted by Crippen LogP contribution is 2.38. The molecule has 1 aliphatic heterocycles. The van der Waals surface area contributed by atoms with E-state index in [2.05, 4.69) is 27.8 Å². The van der Waals surface area contributed by atoms with E-state index in [-0.39, 0.29) is 11.9 Å². The molecule has 0 bridgehead atoms. The Labute approximate surface area is 110 Å². The summed E-state index contributed by atoms with van der Waals surface area (Å²) in [6.07, 6.45) is 1.06. The maximum atomic E-state index is 14.0. The Balaban J connectivity index is 2.34. The van der Waals surface area contributed by atoms with Gasteiger partial charge in [0.05, 0.1) is 0 Å². The van der Waals surface area contributed by atoms with Gasteiger partial charge in [0.15, 0.2) is 0 Å². The van der Waals surface area contributed by atoms with E-state index < -0.39 is 0 Å². The number of hydrogen-bond acceptors (Lipinski definition) is 2. The lowest BCUT2D eigenvalue weighted by atomic mass is 9.93. The van der Waals surface area contributed by atoms with Gasteiger partial charge in [-0.2, -0.15) is 0 Å². The Morgan fingerprint density at radius 3 is 2.88 bits per heavy atom. The van der Waals surface area contributed by atoms with Gasteiger partial charge in [0.2, 0.25) is 0 Å². The topological polar surface area (TPSA) is 29.3 Å². The van der Waals surface area contributed by atoms with Crippen LogP contribution in [0.1, 0.15) is 24.9 Å². The Bertz CT molecular complexity index is 385. The van der Waals surface area contributed by atoms with Crippen molar-refractivity contribution in [2.24, 2.45) is 11.7 Å². The first-order valence-corrected chi connectivity index (χ1v) is 6.85. The molecule has 1 aromatic rings. The zero-order valence-electron chi connectivity index (χ0n) is 10.00. The molecular weight excluding hydrogens is 283 g/mol. The largest absolute Gasteiger partial charge is 0.330 e. The zero-order valence-corrected chi connectivity index (χ0v) is 11.6. The van der Waals surface area contributed by atoms with Crippen LogP contribution in [-0.2, 0) is 0 Å². The second kappa shape index (κ2) is 5.46. The van der Waals surface area contributed by atoms with Crippen LogP contribution in [-0.4, -0.2) is 24.5 Å². The van der Waals surface area contributed by atoms with Crippen molar-refractivity contribution in [3.8, 4) is 0 Å². The number of benzene rings is 1. The molecule has 1 aliphatic rings. The van der Waals surface area contributed by atoms with Crippen molar-refractivity contribution >= 4 is 15.9 Å². The molecular formula is C13H18BrFN2. The molecule has 0 spiro atoms. The fourth-order valence-corrected chi connectivity index (χ4v) is 3.05. The number of nitrogens with two attached hydrogens (primary N) is 1. The Hall–Kier alpha value is -0.450. The summed E-state index contributed by atoms with van der Waals surface area (Å²) in [5, 5.41) is 0. The Morgan fingerprint density at radius 1 is 1.53 bits per heavy atom. The van der Waals surface area contributed by atoms with E-state index in [0.717, 1.165) is 29.5 Å². The maximum Gasteiger partial charge on any atom is 0.129 e. The van der Waals surface area contributed by atoms with Gasteiger partial charge in [0.1, 0.15) is 5.82 Å². The third-order valence-corrected chi connectivity index (χ3v) is 4.11. The molecule has 0 saturated carbocycles. The van der Waals surface area contributed by atoms with E-state index in [4.69, 9.17) is 5.73 Å². The first kappa shape index (κ1) is 13.0. The Morgan fingerprint density at radius 2 is 2.29 bits per heavy atom. The molecule has 0 amide bonds. The highest BCUT2D eigenvalue weighted by molar-refractivity contribution is 9.10. The van der Waals surface area contributed by atoms with E-state index in [1.54, 1.807) is 0 Å². The van der Waals surface area contributed by atoms with Gasteiger partial charge in [-0.15, -0.1) is 0 Å². The minimum Gasteiger partial charge on any atom is -0.330 e. The van der Waals surface area contributed by atoms with Crippen molar-refractivity contribution in [3.05, 3.63) is 34.1 Å². The van der Waals surface area contributed by atoms with E-state index in [9.17, 15) is 4.39 Å². The molecule has 17 heavy (non-hydrogen) atoms. The minimum absolute atomic E-state index is 0.136. The van der Waals surface area contributed by atoms with Gasteiger partial charge in [-0.3, -0.25) is 4.90 Å². The standard InChI is InChI=1S/C13H18BrFN2/c1-2-17-6-5-9(8-16)13(17)11-4-3-10(14)7-12(11)15/h3-4,7,9,13H,2,5-6,8,16H2,1H3. The number of hydrogen-bond donors (Lipinski definition) is 1. The quantitative estimate of drug-likeness (QED) is 0.930. The van der Waals surface area contributed by atoms with Crippen molar-refractivity contribution in [3.63, 3.8) is 0 Å². The summed E-state index contributed by atoms with van der Waals surface area (Å²) in [5.74, 6) is 0.230. The van der Waals surface area contributed by atoms with Crippen LogP contribution in [0, 0.1) is 11.7 Å². The Kier molecular flexibility index (Phi) is 4.17. The third kappa shape index (κ3) is 2.54. The van der Waals surface area contributed by atoms with Gasteiger partial charge in [-0.05, 0) is 44.1 Å². The molecule has 0 aliphatic carbocycles. The van der Waals surface area contributed by atoms with Crippen LogP contribution in [0.25, 0.3) is 0 Å². The van der Waals surface area contributed by atoms with E-state index in [1.165, 1.54) is 6.07 Å². The van der Waals surface area contributed by atoms with Gasteiger partial charge in [-0.1, -0.05) is 28.9 Å². The second-order valence-corrected chi connectivity index (χ2v) is 5.44. The van der Waals surface area contributed by atoms with E-state index in [0.29, 0.717) is 12.5 Å². The van der Waals surface area contributed by atoms with Crippen LogP contribution >= 0.6 is 15.9 Å². The summed E-state index contributed by atoms with van der Waals surface area (Å²) >= 11 is 3.29. The van der Waals surface area contributed by atoms with Gasteiger partial charge in [0, 0.05) is 16.1 Å². The van der Waals surface area contributed by atoms with Crippen molar-refractivity contribution in [2.45, 2.75) is 19.4 Å². The predicted octanol–water partition coefficient (Wildman–Crippen LogP) is 2.93. The summed E-state index contributed by atoms with van der Waals surface area (Å²) in [4.78, 5) is 2.31. The molecule has 0 aromatic heterocycles. The summed E-state index contributed by atoms with van der Waals surface area (Å²) in [6, 6.07) is 5.45. The lowest BCUT2D eigenvalue weighted by Gasteiger charge is -2.27. The van der Waals surface area contributed by atoms with Gasteiger partial charge in [-0.25, -0.2) is 4.39 Å². The molecule has 1 saturated heterocycles. The SMILES string of the molecule is CCN1CCC(CN)C1c1ccc(Br)cc1F. The highest BCUT2D eigenvalue weighted by atomic mass is 79.9. The van der Waals surface area contributed by atoms with Crippen LogP contribution < -0.4 is 5.73 Å². The number of halogens is 2. The maximum absolute atomic E-state index is 14.0. The van der Waals surface area contributed by atoms with E-state index in [1.807, 2.05) is 12.1 Å². The van der Waals surface area contributed by atoms with Crippen molar-refractivity contribution in [1.29, 1.82) is 0 Å². The van der Waals surface area contributed by atoms with Crippen molar-refractivity contribution in [1.82, 2.24) is 4.90 Å². The van der Waals surface area contributed by atoms with Crippen LogP contribution in [0.3, 0.4) is 0 Å². The third-order valence-electron chi connectivity index (χ3n) is 3.62. The smallest absolute Gasteiger partial charge is 0.129 e. The molecule has 2 unspecified atom stereocenters. The molecule has 4 heteroatoms. The zero-order chi connectivity index (χ0) is 12.4. The minimum atomic E-state index is -0.136. The van der Waals surface area contributed by atoms with Crippen LogP contribution in [0.15, 0.2) is 22.7 Å². The van der Waals surface area contributed by atoms with Gasteiger partial charge >= 0.3 is 0 Å². The van der Waals surface area contributed by atoms with E-state index >= 15 is 0 Å². The van der Waals surface area contributed by atoms with Crippen molar-refractivity contribution < 1.29 is 4.39 Å². The fraction of sp³-hybridized carbons (Fsp3) is 0.538. The normalized spacial score (nSPS) is 25.4. The molecule has 2 nitrogen and oxygen atoms in total. The molecule has 0 radical (unpaired) electrons. The van der Waals surface area contributed by atoms with Gasteiger partial charge < -0.3 is 5.73 Å². The molecule has 1 heterocycles. The number of likely N-dealkylation sites (tertiary alicyclic amines) is 1. The van der Waals surface area contributed by atoms with Gasteiger partial charge in [0.25, 0.3) is 0 Å². The molecule has 1 fully saturated rings. The molecule has 2 rings (SSSR count).